The number of rotatable bonds is 6. The monoisotopic (exact) mass is 490 g/mol. The first-order chi connectivity index (χ1) is 17.4. The molecule has 190 valence electrons. The quantitative estimate of drug-likeness (QED) is 0.529. The number of carbonyl (C=O) groups excluding carboxylic acids is 1. The molecule has 0 unspecified atom stereocenters. The molecule has 0 bridgehead atoms. The van der Waals surface area contributed by atoms with Crippen molar-refractivity contribution >= 4 is 5.91 Å². The van der Waals surface area contributed by atoms with Crippen molar-refractivity contribution in [3.8, 4) is 11.1 Å². The predicted molar refractivity (Wildman–Crippen MR) is 140 cm³/mol. The number of ether oxygens (including phenoxy) is 1. The summed E-state index contributed by atoms with van der Waals surface area (Å²) in [5.41, 5.74) is 4.38. The van der Waals surface area contributed by atoms with Gasteiger partial charge in [-0.25, -0.2) is 4.39 Å². The molecule has 1 amide bonds. The number of aliphatic hydroxyl groups excluding tert-OH is 1. The summed E-state index contributed by atoms with van der Waals surface area (Å²) in [5, 5.41) is 9.97. The van der Waals surface area contributed by atoms with Crippen molar-refractivity contribution in [1.82, 2.24) is 9.80 Å². The van der Waals surface area contributed by atoms with Crippen LogP contribution in [0.25, 0.3) is 11.1 Å². The van der Waals surface area contributed by atoms with Gasteiger partial charge in [-0.1, -0.05) is 61.5 Å². The maximum absolute atomic E-state index is 13.9. The van der Waals surface area contributed by atoms with E-state index in [4.69, 9.17) is 4.74 Å². The molecule has 0 aromatic heterocycles. The van der Waals surface area contributed by atoms with Crippen LogP contribution in [0.3, 0.4) is 0 Å². The van der Waals surface area contributed by atoms with Crippen LogP contribution in [0.4, 0.5) is 4.39 Å². The predicted octanol–water partition coefficient (Wildman–Crippen LogP) is 4.98. The largest absolute Gasteiger partial charge is 0.394 e. The van der Waals surface area contributed by atoms with E-state index in [0.717, 1.165) is 22.3 Å². The lowest BCUT2D eigenvalue weighted by atomic mass is 9.94. The van der Waals surface area contributed by atoms with E-state index < -0.39 is 0 Å². The van der Waals surface area contributed by atoms with Crippen molar-refractivity contribution in [2.75, 3.05) is 26.7 Å². The molecule has 0 fully saturated rings. The highest BCUT2D eigenvalue weighted by molar-refractivity contribution is 6.01. The SMILES string of the molecule is C[C@@H]1CN([C@@H](C)CO)C(=O)c2ccccc2-c2ccccc2CO[C@@H]1CN(C)Cc1cccc(F)c1. The Morgan fingerprint density at radius 2 is 1.75 bits per heavy atom. The third kappa shape index (κ3) is 6.01. The number of hydrogen-bond acceptors (Lipinski definition) is 4. The second-order valence-corrected chi connectivity index (χ2v) is 9.85. The number of benzene rings is 3. The van der Waals surface area contributed by atoms with Gasteiger partial charge in [0.25, 0.3) is 5.91 Å². The number of aliphatic hydroxyl groups is 1. The van der Waals surface area contributed by atoms with Crippen molar-refractivity contribution in [2.45, 2.75) is 39.1 Å². The second kappa shape index (κ2) is 11.8. The third-order valence-electron chi connectivity index (χ3n) is 6.93. The van der Waals surface area contributed by atoms with Gasteiger partial charge in [0, 0.05) is 31.1 Å². The van der Waals surface area contributed by atoms with Crippen molar-refractivity contribution in [3.05, 3.63) is 95.3 Å². The number of hydrogen-bond donors (Lipinski definition) is 1. The number of halogens is 1. The highest BCUT2D eigenvalue weighted by Crippen LogP contribution is 2.31. The first-order valence-corrected chi connectivity index (χ1v) is 12.5. The number of amides is 1. The first kappa shape index (κ1) is 26.0. The molecular formula is C30H35FN2O3. The Kier molecular flexibility index (Phi) is 8.52. The minimum atomic E-state index is -0.338. The van der Waals surface area contributed by atoms with Crippen LogP contribution in [0.15, 0.2) is 72.8 Å². The van der Waals surface area contributed by atoms with Crippen LogP contribution < -0.4 is 0 Å². The summed E-state index contributed by atoms with van der Waals surface area (Å²) in [6, 6.07) is 22.0. The van der Waals surface area contributed by atoms with Crippen LogP contribution in [-0.2, 0) is 17.9 Å². The van der Waals surface area contributed by atoms with Gasteiger partial charge in [0.2, 0.25) is 0 Å². The molecule has 5 nitrogen and oxygen atoms in total. The molecule has 4 rings (SSSR count). The molecule has 6 heteroatoms. The minimum absolute atomic E-state index is 0.00432. The fraction of sp³-hybridized carbons (Fsp3) is 0.367. The molecule has 36 heavy (non-hydrogen) atoms. The molecule has 0 saturated carbocycles. The Labute approximate surface area is 213 Å². The normalized spacial score (nSPS) is 19.4. The van der Waals surface area contributed by atoms with Gasteiger partial charge >= 0.3 is 0 Å². The Morgan fingerprint density at radius 3 is 2.47 bits per heavy atom. The maximum atomic E-state index is 13.9. The van der Waals surface area contributed by atoms with E-state index in [-0.39, 0.29) is 36.4 Å². The van der Waals surface area contributed by atoms with E-state index in [9.17, 15) is 14.3 Å². The molecule has 1 aliphatic heterocycles. The molecule has 0 saturated heterocycles. The lowest BCUT2D eigenvalue weighted by molar-refractivity contribution is -0.0241. The topological polar surface area (TPSA) is 53.0 Å². The molecular weight excluding hydrogens is 455 g/mol. The first-order valence-electron chi connectivity index (χ1n) is 12.5. The average Bonchev–Trinajstić information content (AvgIpc) is 2.89. The van der Waals surface area contributed by atoms with Gasteiger partial charge in [0.05, 0.1) is 25.4 Å². The van der Waals surface area contributed by atoms with E-state index in [1.54, 1.807) is 17.0 Å². The van der Waals surface area contributed by atoms with Crippen LogP contribution in [-0.4, -0.2) is 59.7 Å². The molecule has 1 aliphatic rings. The van der Waals surface area contributed by atoms with Gasteiger partial charge in [-0.3, -0.25) is 9.69 Å². The molecule has 0 radical (unpaired) electrons. The fourth-order valence-corrected chi connectivity index (χ4v) is 4.87. The van der Waals surface area contributed by atoms with Crippen molar-refractivity contribution in [1.29, 1.82) is 0 Å². The summed E-state index contributed by atoms with van der Waals surface area (Å²) in [5.74, 6) is -0.346. The van der Waals surface area contributed by atoms with Crippen molar-refractivity contribution < 1.29 is 19.0 Å². The fourth-order valence-electron chi connectivity index (χ4n) is 4.87. The summed E-state index contributed by atoms with van der Waals surface area (Å²) in [6.07, 6.45) is -0.181. The van der Waals surface area contributed by atoms with Gasteiger partial charge in [-0.15, -0.1) is 0 Å². The van der Waals surface area contributed by atoms with E-state index >= 15 is 0 Å². The van der Waals surface area contributed by atoms with E-state index in [0.29, 0.717) is 31.8 Å². The third-order valence-corrected chi connectivity index (χ3v) is 6.93. The molecule has 3 aromatic carbocycles. The Hall–Kier alpha value is -3.06. The Balaban J connectivity index is 1.67. The van der Waals surface area contributed by atoms with Crippen LogP contribution in [0.5, 0.6) is 0 Å². The van der Waals surface area contributed by atoms with Gasteiger partial charge in [0.15, 0.2) is 0 Å². The minimum Gasteiger partial charge on any atom is -0.394 e. The Bertz CT molecular complexity index is 1180. The molecule has 1 N–H and O–H groups in total. The average molecular weight is 491 g/mol. The highest BCUT2D eigenvalue weighted by atomic mass is 19.1. The number of nitrogens with zero attached hydrogens (tertiary/aromatic N) is 2. The standard InChI is InChI=1S/C30H35FN2O3/c1-21-16-33(22(2)19-34)30(35)28-14-7-6-13-27(28)26-12-5-4-10-24(26)20-36-29(21)18-32(3)17-23-9-8-11-25(31)15-23/h4-15,21-22,29,34H,16-20H2,1-3H3/t21-,22+,29-/m1/s1. The molecule has 1 heterocycles. The summed E-state index contributed by atoms with van der Waals surface area (Å²) in [4.78, 5) is 17.7. The summed E-state index contributed by atoms with van der Waals surface area (Å²) >= 11 is 0. The van der Waals surface area contributed by atoms with E-state index in [1.807, 2.05) is 68.6 Å². The van der Waals surface area contributed by atoms with E-state index in [1.165, 1.54) is 6.07 Å². The highest BCUT2D eigenvalue weighted by Gasteiger charge is 2.30. The van der Waals surface area contributed by atoms with Gasteiger partial charge in [-0.2, -0.15) is 0 Å². The zero-order valence-electron chi connectivity index (χ0n) is 21.2. The lowest BCUT2D eigenvalue weighted by Crippen LogP contribution is -2.47. The van der Waals surface area contributed by atoms with Crippen molar-refractivity contribution in [3.63, 3.8) is 0 Å². The Morgan fingerprint density at radius 1 is 1.06 bits per heavy atom. The summed E-state index contributed by atoms with van der Waals surface area (Å²) in [7, 11) is 2.00. The van der Waals surface area contributed by atoms with Gasteiger partial charge in [-0.05, 0) is 54.4 Å². The molecule has 0 spiro atoms. The number of carbonyl (C=O) groups is 1. The van der Waals surface area contributed by atoms with E-state index in [2.05, 4.69) is 11.8 Å². The second-order valence-electron chi connectivity index (χ2n) is 9.85. The number of likely N-dealkylation sites (N-methyl/N-ethyl adjacent to an activating group) is 1. The van der Waals surface area contributed by atoms with Crippen LogP contribution >= 0.6 is 0 Å². The van der Waals surface area contributed by atoms with Crippen molar-refractivity contribution in [2.24, 2.45) is 5.92 Å². The summed E-state index contributed by atoms with van der Waals surface area (Å²) < 4.78 is 20.2. The zero-order chi connectivity index (χ0) is 25.7. The maximum Gasteiger partial charge on any atom is 0.254 e. The number of fused-ring (bicyclic) bond motifs is 3. The van der Waals surface area contributed by atoms with Gasteiger partial charge < -0.3 is 14.7 Å². The summed E-state index contributed by atoms with van der Waals surface area (Å²) in [6.45, 7) is 5.89. The zero-order valence-corrected chi connectivity index (χ0v) is 21.2. The van der Waals surface area contributed by atoms with Crippen LogP contribution in [0.1, 0.15) is 35.3 Å². The van der Waals surface area contributed by atoms with Gasteiger partial charge in [0.1, 0.15) is 5.82 Å². The molecule has 0 aliphatic carbocycles. The van der Waals surface area contributed by atoms with Crippen LogP contribution in [0, 0.1) is 11.7 Å². The lowest BCUT2D eigenvalue weighted by Gasteiger charge is -2.35. The van der Waals surface area contributed by atoms with Crippen LogP contribution in [0.2, 0.25) is 0 Å². The molecule has 3 atom stereocenters. The smallest absolute Gasteiger partial charge is 0.254 e. The molecule has 3 aromatic rings.